The van der Waals surface area contributed by atoms with E-state index in [9.17, 15) is 14.4 Å². The summed E-state index contributed by atoms with van der Waals surface area (Å²) >= 11 is 0. The van der Waals surface area contributed by atoms with Gasteiger partial charge in [-0.15, -0.1) is 0 Å². The van der Waals surface area contributed by atoms with Crippen LogP contribution in [0.2, 0.25) is 0 Å². The molecule has 2 unspecified atom stereocenters. The molecule has 1 saturated carbocycles. The van der Waals surface area contributed by atoms with Crippen molar-refractivity contribution in [2.75, 3.05) is 6.61 Å². The topological polar surface area (TPSA) is 76.0 Å². The van der Waals surface area contributed by atoms with E-state index >= 15 is 0 Å². The molecule has 1 heterocycles. The van der Waals surface area contributed by atoms with Gasteiger partial charge in [-0.2, -0.15) is 0 Å². The molecule has 1 aliphatic carbocycles. The van der Waals surface area contributed by atoms with E-state index in [4.69, 9.17) is 9.47 Å². The Morgan fingerprint density at radius 3 is 2.39 bits per heavy atom. The van der Waals surface area contributed by atoms with Crippen LogP contribution in [-0.2, 0) is 14.0 Å². The van der Waals surface area contributed by atoms with Crippen LogP contribution in [0.15, 0.2) is 0 Å². The maximum Gasteiger partial charge on any atom is 0.328 e. The Kier molecular flexibility index (Phi) is 7.12. The summed E-state index contributed by atoms with van der Waals surface area (Å²) < 4.78 is 23.6. The molecule has 0 aromatic rings. The summed E-state index contributed by atoms with van der Waals surface area (Å²) in [5.41, 5.74) is -0.951. The highest BCUT2D eigenvalue weighted by Crippen LogP contribution is 2.46. The summed E-state index contributed by atoms with van der Waals surface area (Å²) in [7, 11) is -4.01. The highest BCUT2D eigenvalue weighted by molar-refractivity contribution is 7.52. The molecular formula is C17H33O5P. The molecule has 0 aromatic heterocycles. The zero-order chi connectivity index (χ0) is 16.9. The highest BCUT2D eigenvalue weighted by atomic mass is 31.2. The average molecular weight is 348 g/mol. The Bertz CT molecular complexity index is 398. The molecule has 2 N–H and O–H groups in total. The number of hydrogen-bond acceptors (Lipinski definition) is 3. The molecule has 0 aromatic carbocycles. The summed E-state index contributed by atoms with van der Waals surface area (Å²) in [5.74, 6) is 0.464. The van der Waals surface area contributed by atoms with Crippen LogP contribution in [0.5, 0.6) is 0 Å². The van der Waals surface area contributed by atoms with Gasteiger partial charge in [0.1, 0.15) is 0 Å². The Morgan fingerprint density at radius 2 is 1.83 bits per heavy atom. The molecule has 136 valence electrons. The predicted octanol–water partition coefficient (Wildman–Crippen LogP) is 4.22. The summed E-state index contributed by atoms with van der Waals surface area (Å²) in [6.45, 7) is 4.52. The maximum absolute atomic E-state index is 11.4. The molecule has 2 rings (SSSR count). The van der Waals surface area contributed by atoms with Gasteiger partial charge in [-0.1, -0.05) is 26.2 Å². The first kappa shape index (κ1) is 19.4. The normalized spacial score (nSPS) is 28.3. The van der Waals surface area contributed by atoms with Crippen molar-refractivity contribution in [1.82, 2.24) is 0 Å². The van der Waals surface area contributed by atoms with Crippen LogP contribution in [-0.4, -0.2) is 33.9 Å². The van der Waals surface area contributed by atoms with E-state index in [1.54, 1.807) is 6.92 Å². The lowest BCUT2D eigenvalue weighted by Crippen LogP contribution is -2.44. The smallest absolute Gasteiger partial charge is 0.328 e. The molecule has 5 nitrogen and oxygen atoms in total. The van der Waals surface area contributed by atoms with Crippen LogP contribution >= 0.6 is 7.60 Å². The van der Waals surface area contributed by atoms with Gasteiger partial charge in [0, 0.05) is 6.61 Å². The van der Waals surface area contributed by atoms with Crippen molar-refractivity contribution in [3.63, 3.8) is 0 Å². The van der Waals surface area contributed by atoms with Gasteiger partial charge >= 0.3 is 7.60 Å². The Hall–Kier alpha value is 0.0700. The molecule has 2 fully saturated rings. The van der Waals surface area contributed by atoms with Gasteiger partial charge in [0.2, 0.25) is 0 Å². The van der Waals surface area contributed by atoms with Crippen molar-refractivity contribution < 1.29 is 23.8 Å². The van der Waals surface area contributed by atoms with Crippen LogP contribution < -0.4 is 0 Å². The van der Waals surface area contributed by atoms with E-state index in [0.717, 1.165) is 38.7 Å². The van der Waals surface area contributed by atoms with Crippen LogP contribution in [0.1, 0.15) is 78.1 Å². The first-order valence-corrected chi connectivity index (χ1v) is 10.8. The van der Waals surface area contributed by atoms with E-state index in [-0.39, 0.29) is 11.9 Å². The molecule has 0 amide bonds. The predicted molar refractivity (Wildman–Crippen MR) is 90.4 cm³/mol. The first-order valence-electron chi connectivity index (χ1n) is 9.16. The van der Waals surface area contributed by atoms with Crippen molar-refractivity contribution in [1.29, 1.82) is 0 Å². The summed E-state index contributed by atoms with van der Waals surface area (Å²) in [4.78, 5) is 18.7. The summed E-state index contributed by atoms with van der Waals surface area (Å²) in [6.07, 6.45) is 10.2. The van der Waals surface area contributed by atoms with E-state index in [2.05, 4.69) is 6.92 Å². The van der Waals surface area contributed by atoms with Crippen molar-refractivity contribution in [3.8, 4) is 0 Å². The third kappa shape index (κ3) is 5.82. The Morgan fingerprint density at radius 1 is 1.17 bits per heavy atom. The molecule has 1 saturated heterocycles. The van der Waals surface area contributed by atoms with E-state index in [1.807, 2.05) is 0 Å². The van der Waals surface area contributed by atoms with Gasteiger partial charge in [-0.3, -0.25) is 4.57 Å². The van der Waals surface area contributed by atoms with Crippen LogP contribution in [0.3, 0.4) is 0 Å². The zero-order valence-corrected chi connectivity index (χ0v) is 15.5. The van der Waals surface area contributed by atoms with Gasteiger partial charge in [0.25, 0.3) is 0 Å². The minimum Gasteiger partial charge on any atom is -0.353 e. The average Bonchev–Trinajstić information content (AvgIpc) is 2.53. The van der Waals surface area contributed by atoms with Crippen LogP contribution in [0.4, 0.5) is 0 Å². The summed E-state index contributed by atoms with van der Waals surface area (Å²) in [6, 6.07) is 0. The van der Waals surface area contributed by atoms with Crippen molar-refractivity contribution >= 4 is 7.60 Å². The molecule has 0 spiro atoms. The Labute approximate surface area is 140 Å². The van der Waals surface area contributed by atoms with Crippen molar-refractivity contribution in [2.45, 2.75) is 95.6 Å². The van der Waals surface area contributed by atoms with Crippen LogP contribution in [0, 0.1) is 5.92 Å². The third-order valence-corrected chi connectivity index (χ3v) is 7.05. The maximum atomic E-state index is 11.4. The molecule has 3 atom stereocenters. The SMILES string of the molecule is CC(CC[C@@](C)(OC1CCCCO1)C1CCCCC1)P(=O)(O)O. The Balaban J connectivity index is 2.01. The minimum absolute atomic E-state index is 0.152. The van der Waals surface area contributed by atoms with Crippen molar-refractivity contribution in [3.05, 3.63) is 0 Å². The lowest BCUT2D eigenvalue weighted by molar-refractivity contribution is -0.239. The first-order chi connectivity index (χ1) is 10.8. The molecule has 2 aliphatic rings. The van der Waals surface area contributed by atoms with E-state index in [0.29, 0.717) is 18.8 Å². The molecule has 23 heavy (non-hydrogen) atoms. The van der Waals surface area contributed by atoms with Gasteiger partial charge in [-0.25, -0.2) is 0 Å². The lowest BCUT2D eigenvalue weighted by Gasteiger charge is -2.43. The second kappa shape index (κ2) is 8.44. The molecule has 1 aliphatic heterocycles. The van der Waals surface area contributed by atoms with E-state index < -0.39 is 13.3 Å². The number of hydrogen-bond donors (Lipinski definition) is 2. The lowest BCUT2D eigenvalue weighted by atomic mass is 9.75. The minimum atomic E-state index is -4.01. The molecular weight excluding hydrogens is 315 g/mol. The fourth-order valence-electron chi connectivity index (χ4n) is 3.84. The monoisotopic (exact) mass is 348 g/mol. The van der Waals surface area contributed by atoms with Gasteiger partial charge in [-0.05, 0) is 57.8 Å². The third-order valence-electron chi connectivity index (χ3n) is 5.64. The van der Waals surface area contributed by atoms with Gasteiger partial charge in [0.15, 0.2) is 6.29 Å². The van der Waals surface area contributed by atoms with Crippen molar-refractivity contribution in [2.24, 2.45) is 5.92 Å². The second-order valence-corrected chi connectivity index (χ2v) is 9.60. The fraction of sp³-hybridized carbons (Fsp3) is 1.00. The second-order valence-electron chi connectivity index (χ2n) is 7.54. The summed E-state index contributed by atoms with van der Waals surface area (Å²) in [5, 5.41) is 0. The molecule has 0 radical (unpaired) electrons. The standard InChI is InChI=1S/C17H33O5P/c1-14(23(18,19)20)11-12-17(2,15-8-4-3-5-9-15)22-16-10-6-7-13-21-16/h14-16H,3-13H2,1-2H3,(H2,18,19,20)/t14?,16?,17-/m1/s1. The number of rotatable bonds is 7. The van der Waals surface area contributed by atoms with Crippen LogP contribution in [0.25, 0.3) is 0 Å². The fourth-order valence-corrected chi connectivity index (χ4v) is 4.31. The number of ether oxygens (including phenoxy) is 2. The molecule has 0 bridgehead atoms. The largest absolute Gasteiger partial charge is 0.353 e. The zero-order valence-electron chi connectivity index (χ0n) is 14.6. The quantitative estimate of drug-likeness (QED) is 0.674. The highest BCUT2D eigenvalue weighted by Gasteiger charge is 2.39. The van der Waals surface area contributed by atoms with E-state index in [1.165, 1.54) is 19.3 Å². The van der Waals surface area contributed by atoms with Gasteiger partial charge in [0.05, 0.1) is 11.3 Å². The van der Waals surface area contributed by atoms with Gasteiger partial charge < -0.3 is 19.3 Å². The molecule has 6 heteroatoms.